The summed E-state index contributed by atoms with van der Waals surface area (Å²) in [6.07, 6.45) is 0.931. The SMILES string of the molecule is CCC(c1ccccc1)c1cccc(CS(=O)(=O)c2cccc(N=C(N)N)c2)c1. The number of nitrogens with zero attached hydrogens (tertiary/aromatic N) is 1. The molecule has 3 aromatic carbocycles. The molecule has 0 heterocycles. The molecule has 0 spiro atoms. The lowest BCUT2D eigenvalue weighted by molar-refractivity contribution is 0.595. The largest absolute Gasteiger partial charge is 0.370 e. The molecule has 150 valence electrons. The minimum Gasteiger partial charge on any atom is -0.370 e. The lowest BCUT2D eigenvalue weighted by Crippen LogP contribution is -2.21. The van der Waals surface area contributed by atoms with Gasteiger partial charge in [0.15, 0.2) is 15.8 Å². The smallest absolute Gasteiger partial charge is 0.191 e. The van der Waals surface area contributed by atoms with Crippen LogP contribution in [-0.2, 0) is 15.6 Å². The van der Waals surface area contributed by atoms with Gasteiger partial charge >= 0.3 is 0 Å². The van der Waals surface area contributed by atoms with Gasteiger partial charge in [-0.15, -0.1) is 0 Å². The summed E-state index contributed by atoms with van der Waals surface area (Å²) in [5.41, 5.74) is 14.3. The second kappa shape index (κ2) is 8.92. The van der Waals surface area contributed by atoms with Crippen molar-refractivity contribution in [1.29, 1.82) is 0 Å². The van der Waals surface area contributed by atoms with Crippen molar-refractivity contribution < 1.29 is 8.42 Å². The van der Waals surface area contributed by atoms with E-state index in [0.29, 0.717) is 5.69 Å². The highest BCUT2D eigenvalue weighted by molar-refractivity contribution is 7.90. The van der Waals surface area contributed by atoms with E-state index in [2.05, 4.69) is 30.1 Å². The molecule has 0 aliphatic heterocycles. The van der Waals surface area contributed by atoms with Gasteiger partial charge in [-0.3, -0.25) is 0 Å². The van der Waals surface area contributed by atoms with E-state index in [1.807, 2.05) is 36.4 Å². The lowest BCUT2D eigenvalue weighted by atomic mass is 9.88. The Labute approximate surface area is 172 Å². The van der Waals surface area contributed by atoms with Gasteiger partial charge < -0.3 is 11.5 Å². The Hall–Kier alpha value is -3.12. The summed E-state index contributed by atoms with van der Waals surface area (Å²) in [6, 6.07) is 24.4. The van der Waals surface area contributed by atoms with Gasteiger partial charge in [0.1, 0.15) is 0 Å². The number of hydrogen-bond acceptors (Lipinski definition) is 3. The average molecular weight is 408 g/mol. The molecule has 5 nitrogen and oxygen atoms in total. The zero-order chi connectivity index (χ0) is 20.9. The van der Waals surface area contributed by atoms with E-state index in [-0.39, 0.29) is 22.5 Å². The summed E-state index contributed by atoms with van der Waals surface area (Å²) >= 11 is 0. The van der Waals surface area contributed by atoms with Gasteiger partial charge in [-0.1, -0.05) is 67.6 Å². The van der Waals surface area contributed by atoms with Crippen LogP contribution in [0, 0.1) is 0 Å². The van der Waals surface area contributed by atoms with E-state index < -0.39 is 9.84 Å². The highest BCUT2D eigenvalue weighted by Crippen LogP contribution is 2.29. The minimum absolute atomic E-state index is 0.0860. The van der Waals surface area contributed by atoms with Gasteiger partial charge in [0, 0.05) is 5.92 Å². The van der Waals surface area contributed by atoms with Gasteiger partial charge in [-0.2, -0.15) is 0 Å². The number of sulfone groups is 1. The predicted molar refractivity (Wildman–Crippen MR) is 118 cm³/mol. The molecular weight excluding hydrogens is 382 g/mol. The Balaban J connectivity index is 1.89. The molecule has 6 heteroatoms. The Morgan fingerprint density at radius 3 is 2.28 bits per heavy atom. The van der Waals surface area contributed by atoms with Gasteiger partial charge in [-0.05, 0) is 41.3 Å². The molecule has 0 aliphatic carbocycles. The van der Waals surface area contributed by atoms with Gasteiger partial charge in [0.05, 0.1) is 16.3 Å². The van der Waals surface area contributed by atoms with Gasteiger partial charge in [-0.25, -0.2) is 13.4 Å². The van der Waals surface area contributed by atoms with Crippen LogP contribution in [0.3, 0.4) is 0 Å². The normalized spacial score (nSPS) is 12.3. The first kappa shape index (κ1) is 20.6. The second-order valence-corrected chi connectivity index (χ2v) is 8.90. The topological polar surface area (TPSA) is 98.5 Å². The van der Waals surface area contributed by atoms with E-state index in [9.17, 15) is 8.42 Å². The predicted octanol–water partition coefficient (Wildman–Crippen LogP) is 4.11. The van der Waals surface area contributed by atoms with Crippen LogP contribution in [0.1, 0.15) is 36.0 Å². The first-order chi connectivity index (χ1) is 13.9. The van der Waals surface area contributed by atoms with Crippen molar-refractivity contribution in [3.8, 4) is 0 Å². The number of guanidine groups is 1. The van der Waals surface area contributed by atoms with Gasteiger partial charge in [0.2, 0.25) is 0 Å². The molecule has 4 N–H and O–H groups in total. The molecule has 3 aromatic rings. The van der Waals surface area contributed by atoms with Crippen molar-refractivity contribution in [3.05, 3.63) is 95.6 Å². The Bertz CT molecular complexity index is 1110. The van der Waals surface area contributed by atoms with Crippen molar-refractivity contribution in [2.75, 3.05) is 0 Å². The summed E-state index contributed by atoms with van der Waals surface area (Å²) in [5, 5.41) is 0. The van der Waals surface area contributed by atoms with Crippen LogP contribution in [-0.4, -0.2) is 14.4 Å². The first-order valence-corrected chi connectivity index (χ1v) is 11.1. The molecule has 0 amide bonds. The maximum atomic E-state index is 12.9. The summed E-state index contributed by atoms with van der Waals surface area (Å²) < 4.78 is 25.9. The van der Waals surface area contributed by atoms with Gasteiger partial charge in [0.25, 0.3) is 0 Å². The van der Waals surface area contributed by atoms with Crippen LogP contribution < -0.4 is 11.5 Å². The molecule has 0 fully saturated rings. The molecule has 0 aromatic heterocycles. The van der Waals surface area contributed by atoms with Crippen LogP contribution >= 0.6 is 0 Å². The highest BCUT2D eigenvalue weighted by Gasteiger charge is 2.18. The molecular formula is C23H25N3O2S. The number of nitrogens with two attached hydrogens (primary N) is 2. The highest BCUT2D eigenvalue weighted by atomic mass is 32.2. The van der Waals surface area contributed by atoms with E-state index in [0.717, 1.165) is 17.5 Å². The quantitative estimate of drug-likeness (QED) is 0.455. The zero-order valence-corrected chi connectivity index (χ0v) is 17.1. The molecule has 1 atom stereocenters. The Morgan fingerprint density at radius 1 is 0.897 bits per heavy atom. The summed E-state index contributed by atoms with van der Waals surface area (Å²) in [6.45, 7) is 2.14. The fraction of sp³-hybridized carbons (Fsp3) is 0.174. The van der Waals surface area contributed by atoms with Crippen LogP contribution in [0.5, 0.6) is 0 Å². The zero-order valence-electron chi connectivity index (χ0n) is 16.3. The molecule has 0 aliphatic rings. The number of hydrogen-bond donors (Lipinski definition) is 2. The van der Waals surface area contributed by atoms with E-state index in [1.54, 1.807) is 18.2 Å². The fourth-order valence-corrected chi connectivity index (χ4v) is 4.82. The van der Waals surface area contributed by atoms with Crippen molar-refractivity contribution >= 4 is 21.5 Å². The second-order valence-electron chi connectivity index (χ2n) is 6.91. The fourth-order valence-electron chi connectivity index (χ4n) is 3.45. The molecule has 0 radical (unpaired) electrons. The maximum absolute atomic E-state index is 12.9. The Morgan fingerprint density at radius 2 is 1.59 bits per heavy atom. The molecule has 0 bridgehead atoms. The van der Waals surface area contributed by atoms with Crippen LogP contribution in [0.25, 0.3) is 0 Å². The van der Waals surface area contributed by atoms with Crippen molar-refractivity contribution in [1.82, 2.24) is 0 Å². The van der Waals surface area contributed by atoms with E-state index in [4.69, 9.17) is 11.5 Å². The van der Waals surface area contributed by atoms with Crippen molar-refractivity contribution in [2.45, 2.75) is 29.9 Å². The van der Waals surface area contributed by atoms with Crippen LogP contribution in [0.15, 0.2) is 88.8 Å². The number of aliphatic imine (C=N–C) groups is 1. The molecule has 29 heavy (non-hydrogen) atoms. The summed E-state index contributed by atoms with van der Waals surface area (Å²) in [5.74, 6) is 0.0277. The molecule has 3 rings (SSSR count). The Kier molecular flexibility index (Phi) is 6.34. The van der Waals surface area contributed by atoms with E-state index in [1.165, 1.54) is 11.6 Å². The lowest BCUT2D eigenvalue weighted by Gasteiger charge is -2.17. The summed E-state index contributed by atoms with van der Waals surface area (Å²) in [7, 11) is -3.54. The molecule has 0 saturated carbocycles. The number of benzene rings is 3. The van der Waals surface area contributed by atoms with Crippen molar-refractivity contribution in [3.63, 3.8) is 0 Å². The minimum atomic E-state index is -3.54. The first-order valence-electron chi connectivity index (χ1n) is 9.45. The third-order valence-electron chi connectivity index (χ3n) is 4.76. The van der Waals surface area contributed by atoms with Crippen LogP contribution in [0.4, 0.5) is 5.69 Å². The number of rotatable bonds is 7. The van der Waals surface area contributed by atoms with E-state index >= 15 is 0 Å². The summed E-state index contributed by atoms with van der Waals surface area (Å²) in [4.78, 5) is 4.13. The average Bonchev–Trinajstić information content (AvgIpc) is 2.69. The third-order valence-corrected chi connectivity index (χ3v) is 6.44. The monoisotopic (exact) mass is 407 g/mol. The molecule has 1 unspecified atom stereocenters. The third kappa shape index (κ3) is 5.23. The van der Waals surface area contributed by atoms with Crippen LogP contribution in [0.2, 0.25) is 0 Å². The van der Waals surface area contributed by atoms with Crippen molar-refractivity contribution in [2.24, 2.45) is 16.5 Å². The maximum Gasteiger partial charge on any atom is 0.191 e. The standard InChI is InChI=1S/C23H25N3O2S/c1-2-22(18-9-4-3-5-10-18)19-11-6-8-17(14-19)16-29(27,28)21-13-7-12-20(15-21)26-23(24)25/h3-15,22H,2,16H2,1H3,(H4,24,25,26). The molecule has 0 saturated heterocycles.